The fourth-order valence-electron chi connectivity index (χ4n) is 5.18. The van der Waals surface area contributed by atoms with Crippen molar-refractivity contribution in [1.29, 1.82) is 0 Å². The van der Waals surface area contributed by atoms with Crippen molar-refractivity contribution in [3.63, 3.8) is 0 Å². The summed E-state index contributed by atoms with van der Waals surface area (Å²) in [4.78, 5) is 17.3. The van der Waals surface area contributed by atoms with Crippen molar-refractivity contribution in [2.24, 2.45) is 5.92 Å². The molecule has 3 aromatic rings. The molecule has 5 heteroatoms. The minimum atomic E-state index is -0.0104. The molecule has 2 amide bonds. The van der Waals surface area contributed by atoms with Gasteiger partial charge in [-0.05, 0) is 80.3 Å². The van der Waals surface area contributed by atoms with E-state index in [1.165, 1.54) is 46.0 Å². The number of anilines is 1. The Morgan fingerprint density at radius 1 is 1.13 bits per heavy atom. The van der Waals surface area contributed by atoms with E-state index in [0.717, 1.165) is 23.2 Å². The average Bonchev–Trinajstić information content (AvgIpc) is 3.32. The van der Waals surface area contributed by atoms with Crippen LogP contribution in [0.25, 0.3) is 5.00 Å². The van der Waals surface area contributed by atoms with Crippen molar-refractivity contribution in [3.05, 3.63) is 69.4 Å². The monoisotopic (exact) mass is 433 g/mol. The van der Waals surface area contributed by atoms with E-state index in [-0.39, 0.29) is 12.1 Å². The number of hydrogen-bond donors (Lipinski definition) is 1. The third-order valence-corrected chi connectivity index (χ3v) is 8.09. The Hall–Kier alpha value is -2.53. The summed E-state index contributed by atoms with van der Waals surface area (Å²) in [6.45, 7) is 9.22. The Bertz CT molecular complexity index is 1140. The molecule has 4 nitrogen and oxygen atoms in total. The van der Waals surface area contributed by atoms with Crippen LogP contribution in [0.15, 0.2) is 36.5 Å². The van der Waals surface area contributed by atoms with Gasteiger partial charge in [-0.1, -0.05) is 26.0 Å². The van der Waals surface area contributed by atoms with E-state index in [1.54, 1.807) is 0 Å². The van der Waals surface area contributed by atoms with Gasteiger partial charge in [-0.25, -0.2) is 4.79 Å². The van der Waals surface area contributed by atoms with E-state index in [1.807, 2.05) is 11.3 Å². The van der Waals surface area contributed by atoms with Crippen LogP contribution in [0.1, 0.15) is 65.6 Å². The Morgan fingerprint density at radius 3 is 2.74 bits per heavy atom. The van der Waals surface area contributed by atoms with Crippen LogP contribution >= 0.6 is 11.3 Å². The second-order valence-electron chi connectivity index (χ2n) is 9.36. The van der Waals surface area contributed by atoms with Crippen molar-refractivity contribution < 1.29 is 4.79 Å². The number of nitrogens with one attached hydrogen (secondary N) is 1. The first-order valence-corrected chi connectivity index (χ1v) is 12.2. The highest BCUT2D eigenvalue weighted by molar-refractivity contribution is 7.15. The summed E-state index contributed by atoms with van der Waals surface area (Å²) in [7, 11) is 0. The minimum Gasteiger partial charge on any atom is -0.311 e. The number of thiophene rings is 1. The van der Waals surface area contributed by atoms with Gasteiger partial charge in [0.1, 0.15) is 5.00 Å². The van der Waals surface area contributed by atoms with Gasteiger partial charge in [0.2, 0.25) is 0 Å². The predicted octanol–water partition coefficient (Wildman–Crippen LogP) is 6.78. The summed E-state index contributed by atoms with van der Waals surface area (Å²) in [5.74, 6) is 0.308. The Morgan fingerprint density at radius 2 is 1.94 bits per heavy atom. The maximum atomic E-state index is 13.7. The molecule has 5 rings (SSSR count). The fourth-order valence-corrected chi connectivity index (χ4v) is 6.58. The first kappa shape index (κ1) is 20.4. The van der Waals surface area contributed by atoms with Gasteiger partial charge >= 0.3 is 6.03 Å². The molecule has 0 saturated heterocycles. The molecule has 0 bridgehead atoms. The number of benzene rings is 1. The number of fused-ring (bicyclic) bond motifs is 5. The van der Waals surface area contributed by atoms with Crippen LogP contribution in [0.5, 0.6) is 0 Å². The van der Waals surface area contributed by atoms with E-state index >= 15 is 0 Å². The maximum absolute atomic E-state index is 13.7. The first-order chi connectivity index (χ1) is 14.9. The molecule has 2 aliphatic rings. The normalized spacial score (nSPS) is 17.7. The standard InChI is InChI=1S/C26H31N3OS/c1-16(2)24-22-9-7-13-28(22)25-20(19-8-5-6-10-23(19)31-25)15-29(24)26(30)27-21-14-17(3)11-12-18(21)4/h7,9,11-14,16,24H,5-6,8,10,15H2,1-4H3,(H,27,30)/t24-/m0/s1. The largest absolute Gasteiger partial charge is 0.322 e. The van der Waals surface area contributed by atoms with E-state index in [0.29, 0.717) is 12.5 Å². The van der Waals surface area contributed by atoms with Gasteiger partial charge in [0, 0.05) is 28.0 Å². The van der Waals surface area contributed by atoms with Crippen molar-refractivity contribution in [3.8, 4) is 5.00 Å². The number of rotatable bonds is 2. The highest BCUT2D eigenvalue weighted by Gasteiger charge is 2.36. The summed E-state index contributed by atoms with van der Waals surface area (Å²) in [6, 6.07) is 10.6. The molecule has 0 saturated carbocycles. The van der Waals surface area contributed by atoms with Gasteiger partial charge in [-0.3, -0.25) is 0 Å². The lowest BCUT2D eigenvalue weighted by Gasteiger charge is -2.33. The minimum absolute atomic E-state index is 0.0104. The average molecular weight is 434 g/mol. The second-order valence-corrected chi connectivity index (χ2v) is 10.4. The van der Waals surface area contributed by atoms with Gasteiger partial charge in [0.25, 0.3) is 0 Å². The van der Waals surface area contributed by atoms with Crippen molar-refractivity contribution in [2.75, 3.05) is 5.32 Å². The number of aryl methyl sites for hydroxylation is 3. The summed E-state index contributed by atoms with van der Waals surface area (Å²) >= 11 is 1.94. The lowest BCUT2D eigenvalue weighted by Crippen LogP contribution is -2.39. The molecule has 31 heavy (non-hydrogen) atoms. The Kier molecular flexibility index (Phi) is 5.17. The van der Waals surface area contributed by atoms with Gasteiger partial charge in [-0.15, -0.1) is 11.3 Å². The molecule has 1 aliphatic carbocycles. The molecule has 1 aromatic carbocycles. The molecule has 0 spiro atoms. The molecule has 1 N–H and O–H groups in total. The third-order valence-electron chi connectivity index (χ3n) is 6.75. The first-order valence-electron chi connectivity index (χ1n) is 11.4. The highest BCUT2D eigenvalue weighted by Crippen LogP contribution is 2.44. The third kappa shape index (κ3) is 3.49. The number of urea groups is 1. The van der Waals surface area contributed by atoms with Crippen molar-refractivity contribution >= 4 is 23.1 Å². The molecule has 0 unspecified atom stereocenters. The summed E-state index contributed by atoms with van der Waals surface area (Å²) in [5.41, 5.74) is 7.21. The Labute approximate surface area is 188 Å². The van der Waals surface area contributed by atoms with E-state index < -0.39 is 0 Å². The van der Waals surface area contributed by atoms with Gasteiger partial charge < -0.3 is 14.8 Å². The zero-order valence-electron chi connectivity index (χ0n) is 18.9. The van der Waals surface area contributed by atoms with Crippen LogP contribution in [-0.4, -0.2) is 15.5 Å². The molecule has 0 fully saturated rings. The highest BCUT2D eigenvalue weighted by atomic mass is 32.1. The van der Waals surface area contributed by atoms with Crippen LogP contribution in [0.3, 0.4) is 0 Å². The summed E-state index contributed by atoms with van der Waals surface area (Å²) < 4.78 is 2.36. The molecule has 1 aliphatic heterocycles. The lowest BCUT2D eigenvalue weighted by molar-refractivity contribution is 0.161. The fraction of sp³-hybridized carbons (Fsp3) is 0.423. The van der Waals surface area contributed by atoms with Gasteiger partial charge in [-0.2, -0.15) is 0 Å². The molecule has 1 atom stereocenters. The van der Waals surface area contributed by atoms with Crippen LogP contribution in [-0.2, 0) is 19.4 Å². The van der Waals surface area contributed by atoms with Crippen molar-refractivity contribution in [1.82, 2.24) is 9.47 Å². The van der Waals surface area contributed by atoms with Crippen LogP contribution in [0, 0.1) is 19.8 Å². The topological polar surface area (TPSA) is 37.3 Å². The molecule has 3 heterocycles. The number of carbonyl (C=O) groups excluding carboxylic acids is 1. The smallest absolute Gasteiger partial charge is 0.311 e. The molecular formula is C26H31N3OS. The SMILES string of the molecule is Cc1ccc(C)c(NC(=O)N2Cc3c(sc4c3CCCC4)-n3cccc3[C@@H]2C(C)C)c1. The quantitative estimate of drug-likeness (QED) is 0.475. The van der Waals surface area contributed by atoms with Crippen LogP contribution in [0.2, 0.25) is 0 Å². The van der Waals surface area contributed by atoms with Crippen molar-refractivity contribution in [2.45, 2.75) is 66.0 Å². The second kappa shape index (κ2) is 7.86. The van der Waals surface area contributed by atoms with E-state index in [9.17, 15) is 4.79 Å². The number of carbonyl (C=O) groups is 1. The number of aromatic nitrogens is 1. The van der Waals surface area contributed by atoms with E-state index in [4.69, 9.17) is 0 Å². The van der Waals surface area contributed by atoms with Crippen LogP contribution < -0.4 is 5.32 Å². The predicted molar refractivity (Wildman–Crippen MR) is 128 cm³/mol. The maximum Gasteiger partial charge on any atom is 0.322 e. The zero-order valence-corrected chi connectivity index (χ0v) is 19.7. The molecular weight excluding hydrogens is 402 g/mol. The summed E-state index contributed by atoms with van der Waals surface area (Å²) in [5, 5.41) is 4.56. The zero-order chi connectivity index (χ0) is 21.7. The lowest BCUT2D eigenvalue weighted by atomic mass is 9.94. The van der Waals surface area contributed by atoms with Gasteiger partial charge in [0.15, 0.2) is 0 Å². The number of amides is 2. The molecule has 2 aromatic heterocycles. The van der Waals surface area contributed by atoms with E-state index in [2.05, 4.69) is 79.0 Å². The van der Waals surface area contributed by atoms with Gasteiger partial charge in [0.05, 0.1) is 12.6 Å². The number of nitrogens with zero attached hydrogens (tertiary/aromatic N) is 2. The number of hydrogen-bond acceptors (Lipinski definition) is 2. The van der Waals surface area contributed by atoms with Crippen LogP contribution in [0.4, 0.5) is 10.5 Å². The Balaban J connectivity index is 1.60. The molecule has 162 valence electrons. The summed E-state index contributed by atoms with van der Waals surface area (Å²) in [6.07, 6.45) is 7.01. The molecule has 0 radical (unpaired) electrons.